The molecule has 1 unspecified atom stereocenters. The molecule has 25 heavy (non-hydrogen) atoms. The van der Waals surface area contributed by atoms with E-state index in [2.05, 4.69) is 0 Å². The van der Waals surface area contributed by atoms with Crippen LogP contribution in [0.3, 0.4) is 0 Å². The first-order chi connectivity index (χ1) is 12.0. The van der Waals surface area contributed by atoms with Crippen molar-refractivity contribution in [2.24, 2.45) is 0 Å². The van der Waals surface area contributed by atoms with Gasteiger partial charge in [0, 0.05) is 19.0 Å². The maximum absolute atomic E-state index is 12.7. The van der Waals surface area contributed by atoms with E-state index >= 15 is 0 Å². The number of hydrogen-bond acceptors (Lipinski definition) is 4. The van der Waals surface area contributed by atoms with E-state index in [1.165, 1.54) is 0 Å². The van der Waals surface area contributed by atoms with E-state index in [-0.39, 0.29) is 24.9 Å². The van der Waals surface area contributed by atoms with Crippen LogP contribution in [0.25, 0.3) is 0 Å². The summed E-state index contributed by atoms with van der Waals surface area (Å²) in [6, 6.07) is 6.38. The van der Waals surface area contributed by atoms with Gasteiger partial charge in [-0.15, -0.1) is 0 Å². The Morgan fingerprint density at radius 3 is 2.32 bits per heavy atom. The first-order valence-electron chi connectivity index (χ1n) is 8.45. The second-order valence-corrected chi connectivity index (χ2v) is 6.41. The van der Waals surface area contributed by atoms with Gasteiger partial charge in [0.1, 0.15) is 6.54 Å². The van der Waals surface area contributed by atoms with Gasteiger partial charge < -0.3 is 10.0 Å². The lowest BCUT2D eigenvalue weighted by atomic mass is 9.98. The molecule has 0 radical (unpaired) electrons. The largest absolute Gasteiger partial charge is 0.481 e. The number of nitrogens with zero attached hydrogens (tertiary/aromatic N) is 2. The summed E-state index contributed by atoms with van der Waals surface area (Å²) in [6.07, 6.45) is 2.93. The van der Waals surface area contributed by atoms with E-state index < -0.39 is 17.8 Å². The Bertz CT molecular complexity index is 695. The number of amides is 3. The molecule has 1 fully saturated rings. The molecule has 3 rings (SSSR count). The lowest BCUT2D eigenvalue weighted by molar-refractivity contribution is -0.140. The van der Waals surface area contributed by atoms with Crippen LogP contribution in [0.5, 0.6) is 0 Å². The van der Waals surface area contributed by atoms with Crippen molar-refractivity contribution in [3.63, 3.8) is 0 Å². The van der Waals surface area contributed by atoms with Crippen LogP contribution in [0.4, 0.5) is 0 Å². The van der Waals surface area contributed by atoms with Crippen LogP contribution < -0.4 is 0 Å². The van der Waals surface area contributed by atoms with Crippen LogP contribution in [0.15, 0.2) is 24.3 Å². The molecule has 0 aromatic heterocycles. The number of rotatable bonds is 5. The molecule has 1 atom stereocenters. The highest BCUT2D eigenvalue weighted by atomic mass is 16.4. The van der Waals surface area contributed by atoms with Crippen LogP contribution in [0.2, 0.25) is 0 Å². The molecule has 0 bridgehead atoms. The average Bonchev–Trinajstić information content (AvgIpc) is 2.85. The Hall–Kier alpha value is -2.70. The predicted molar refractivity (Wildman–Crippen MR) is 88.0 cm³/mol. The Morgan fingerprint density at radius 2 is 1.72 bits per heavy atom. The number of carboxylic acids is 1. The number of carbonyl (C=O) groups is 4. The molecule has 132 valence electrons. The molecular weight excluding hydrogens is 324 g/mol. The normalized spacial score (nSPS) is 19.9. The number of fused-ring (bicyclic) bond motifs is 1. The van der Waals surface area contributed by atoms with Crippen LogP contribution in [-0.4, -0.2) is 57.7 Å². The summed E-state index contributed by atoms with van der Waals surface area (Å²) >= 11 is 0. The van der Waals surface area contributed by atoms with E-state index in [4.69, 9.17) is 5.11 Å². The van der Waals surface area contributed by atoms with Gasteiger partial charge in [-0.05, 0) is 37.8 Å². The zero-order valence-electron chi connectivity index (χ0n) is 13.8. The minimum atomic E-state index is -0.890. The van der Waals surface area contributed by atoms with Crippen molar-refractivity contribution >= 4 is 23.7 Å². The molecule has 0 aliphatic carbocycles. The predicted octanol–water partition coefficient (Wildman–Crippen LogP) is 1.53. The maximum atomic E-state index is 12.7. The van der Waals surface area contributed by atoms with Gasteiger partial charge in [0.2, 0.25) is 5.91 Å². The smallest absolute Gasteiger partial charge is 0.303 e. The number of hydrogen-bond donors (Lipinski definition) is 1. The van der Waals surface area contributed by atoms with Gasteiger partial charge >= 0.3 is 5.97 Å². The van der Waals surface area contributed by atoms with Crippen molar-refractivity contribution in [3.8, 4) is 0 Å². The third kappa shape index (κ3) is 3.40. The average molecular weight is 344 g/mol. The molecule has 2 aliphatic rings. The summed E-state index contributed by atoms with van der Waals surface area (Å²) in [5.41, 5.74) is 0.641. The summed E-state index contributed by atoms with van der Waals surface area (Å²) in [5.74, 6) is -2.09. The number of carbonyl (C=O) groups excluding carboxylic acids is 3. The number of benzene rings is 1. The number of aliphatic carboxylic acids is 1. The summed E-state index contributed by atoms with van der Waals surface area (Å²) in [5, 5.41) is 8.87. The molecule has 0 spiro atoms. The zero-order chi connectivity index (χ0) is 18.0. The molecule has 2 aliphatic heterocycles. The van der Waals surface area contributed by atoms with Gasteiger partial charge in [-0.1, -0.05) is 12.1 Å². The monoisotopic (exact) mass is 344 g/mol. The summed E-state index contributed by atoms with van der Waals surface area (Å²) < 4.78 is 0. The maximum Gasteiger partial charge on any atom is 0.303 e. The van der Waals surface area contributed by atoms with Gasteiger partial charge in [0.15, 0.2) is 0 Å². The van der Waals surface area contributed by atoms with Crippen LogP contribution in [0, 0.1) is 0 Å². The minimum absolute atomic E-state index is 0.00145. The highest BCUT2D eigenvalue weighted by molar-refractivity contribution is 6.22. The molecule has 1 aromatic rings. The van der Waals surface area contributed by atoms with Crippen LogP contribution >= 0.6 is 0 Å². The quantitative estimate of drug-likeness (QED) is 0.817. The fraction of sp³-hybridized carbons (Fsp3) is 0.444. The molecule has 1 saturated heterocycles. The fourth-order valence-corrected chi connectivity index (χ4v) is 3.53. The van der Waals surface area contributed by atoms with Gasteiger partial charge in [0.25, 0.3) is 11.8 Å². The Labute approximate surface area is 145 Å². The zero-order valence-corrected chi connectivity index (χ0v) is 13.8. The SMILES string of the molecule is O=C(O)CCC1CCCCN1C(=O)CN1C(=O)c2ccccc2C1=O. The second-order valence-electron chi connectivity index (χ2n) is 6.41. The Kier molecular flexibility index (Phi) is 4.83. The molecule has 0 saturated carbocycles. The summed E-state index contributed by atoms with van der Waals surface area (Å²) in [4.78, 5) is 50.9. The van der Waals surface area contributed by atoms with Crippen molar-refractivity contribution in [1.82, 2.24) is 9.80 Å². The third-order valence-corrected chi connectivity index (χ3v) is 4.81. The van der Waals surface area contributed by atoms with Gasteiger partial charge in [-0.2, -0.15) is 0 Å². The van der Waals surface area contributed by atoms with Crippen molar-refractivity contribution < 1.29 is 24.3 Å². The summed E-state index contributed by atoms with van der Waals surface area (Å²) in [6.45, 7) is 0.238. The van der Waals surface area contributed by atoms with Crippen molar-refractivity contribution in [2.75, 3.05) is 13.1 Å². The number of carboxylic acid groups (broad SMARTS) is 1. The highest BCUT2D eigenvalue weighted by Gasteiger charge is 2.38. The molecule has 7 nitrogen and oxygen atoms in total. The molecule has 2 heterocycles. The molecular formula is C18H20N2O5. The van der Waals surface area contributed by atoms with E-state index in [9.17, 15) is 19.2 Å². The van der Waals surface area contributed by atoms with E-state index in [0.717, 1.165) is 24.2 Å². The summed E-state index contributed by atoms with van der Waals surface area (Å²) in [7, 11) is 0. The fourth-order valence-electron chi connectivity index (χ4n) is 3.53. The Morgan fingerprint density at radius 1 is 1.08 bits per heavy atom. The lowest BCUT2D eigenvalue weighted by Gasteiger charge is -2.36. The Balaban J connectivity index is 1.70. The van der Waals surface area contributed by atoms with Gasteiger partial charge in [-0.25, -0.2) is 0 Å². The lowest BCUT2D eigenvalue weighted by Crippen LogP contribution is -2.49. The third-order valence-electron chi connectivity index (χ3n) is 4.81. The van der Waals surface area contributed by atoms with Gasteiger partial charge in [0.05, 0.1) is 11.1 Å². The number of imide groups is 1. The van der Waals surface area contributed by atoms with Gasteiger partial charge in [-0.3, -0.25) is 24.1 Å². The van der Waals surface area contributed by atoms with E-state index in [1.54, 1.807) is 29.2 Å². The number of likely N-dealkylation sites (tertiary alicyclic amines) is 1. The topological polar surface area (TPSA) is 95.0 Å². The second kappa shape index (κ2) is 7.04. The van der Waals surface area contributed by atoms with Crippen molar-refractivity contribution in [2.45, 2.75) is 38.1 Å². The molecule has 3 amide bonds. The van der Waals surface area contributed by atoms with E-state index in [1.807, 2.05) is 0 Å². The highest BCUT2D eigenvalue weighted by Crippen LogP contribution is 2.25. The number of piperidine rings is 1. The van der Waals surface area contributed by atoms with Crippen LogP contribution in [0.1, 0.15) is 52.8 Å². The standard InChI is InChI=1S/C18H20N2O5/c21-15(19-10-4-3-5-12(19)8-9-16(22)23)11-20-17(24)13-6-1-2-7-14(13)18(20)25/h1-2,6-7,12H,3-5,8-11H2,(H,22,23). The first-order valence-corrected chi connectivity index (χ1v) is 8.45. The van der Waals surface area contributed by atoms with Crippen molar-refractivity contribution in [3.05, 3.63) is 35.4 Å². The molecule has 7 heteroatoms. The van der Waals surface area contributed by atoms with Crippen molar-refractivity contribution in [1.29, 1.82) is 0 Å². The molecule has 1 N–H and O–H groups in total. The van der Waals surface area contributed by atoms with Crippen LogP contribution in [-0.2, 0) is 9.59 Å². The first kappa shape index (κ1) is 17.1. The minimum Gasteiger partial charge on any atom is -0.481 e. The molecule has 1 aromatic carbocycles. The van der Waals surface area contributed by atoms with E-state index in [0.29, 0.717) is 24.1 Å².